The molecule has 1 N–H and O–H groups in total. The number of carbonyl (C=O) groups is 1. The van der Waals surface area contributed by atoms with Crippen LogP contribution in [0.25, 0.3) is 11.2 Å². The molecule has 0 unspecified atom stereocenters. The zero-order valence-electron chi connectivity index (χ0n) is 19.2. The molecule has 0 aliphatic carbocycles. The van der Waals surface area contributed by atoms with Crippen LogP contribution in [0.3, 0.4) is 0 Å². The van der Waals surface area contributed by atoms with E-state index in [4.69, 9.17) is 4.74 Å². The van der Waals surface area contributed by atoms with Gasteiger partial charge < -0.3 is 14.6 Å². The minimum Gasteiger partial charge on any atom is -0.376 e. The molecule has 0 bridgehead atoms. The molecule has 1 amide bonds. The number of aromatic nitrogens is 4. The molecule has 33 heavy (non-hydrogen) atoms. The molecule has 9 heteroatoms. The van der Waals surface area contributed by atoms with E-state index in [1.165, 1.54) is 4.57 Å². The van der Waals surface area contributed by atoms with Crippen LogP contribution in [0, 0.1) is 5.92 Å². The lowest BCUT2D eigenvalue weighted by atomic mass is 10.1. The van der Waals surface area contributed by atoms with E-state index in [1.54, 1.807) is 10.9 Å². The summed E-state index contributed by atoms with van der Waals surface area (Å²) in [4.78, 5) is 43.8. The van der Waals surface area contributed by atoms with E-state index >= 15 is 0 Å². The normalized spacial score (nSPS) is 16.0. The Morgan fingerprint density at radius 3 is 2.70 bits per heavy atom. The van der Waals surface area contributed by atoms with Gasteiger partial charge in [0.25, 0.3) is 5.56 Å². The number of benzene rings is 1. The van der Waals surface area contributed by atoms with Gasteiger partial charge in [0.05, 0.1) is 19.0 Å². The Morgan fingerprint density at radius 2 is 2.00 bits per heavy atom. The Kier molecular flexibility index (Phi) is 7.08. The van der Waals surface area contributed by atoms with Gasteiger partial charge in [-0.1, -0.05) is 44.2 Å². The molecule has 176 valence electrons. The standard InChI is InChI=1S/C24H31N5O4/c1-17(2)10-11-27-16-26-22-21(27)23(31)29(15-20(30)25-13-19-9-6-12-33-19)24(32)28(22)14-18-7-4-3-5-8-18/h3-5,7-8,16-17,19H,6,9-15H2,1-2H3,(H,25,30)/t19-/m0/s1. The number of rotatable bonds is 9. The summed E-state index contributed by atoms with van der Waals surface area (Å²) < 4.78 is 9.82. The number of fused-ring (bicyclic) bond motifs is 1. The number of carbonyl (C=O) groups excluding carboxylic acids is 1. The van der Waals surface area contributed by atoms with Crippen LogP contribution in [-0.2, 0) is 29.2 Å². The maximum Gasteiger partial charge on any atom is 0.333 e. The predicted molar refractivity (Wildman–Crippen MR) is 125 cm³/mol. The zero-order chi connectivity index (χ0) is 23.4. The predicted octanol–water partition coefficient (Wildman–Crippen LogP) is 1.75. The Bertz CT molecular complexity index is 1220. The summed E-state index contributed by atoms with van der Waals surface area (Å²) in [6.45, 7) is 5.82. The molecule has 0 saturated carbocycles. The molecular weight excluding hydrogens is 422 g/mol. The summed E-state index contributed by atoms with van der Waals surface area (Å²) in [6, 6.07) is 9.53. The van der Waals surface area contributed by atoms with Crippen molar-refractivity contribution >= 4 is 17.1 Å². The molecule has 3 heterocycles. The first-order valence-electron chi connectivity index (χ1n) is 11.5. The molecule has 9 nitrogen and oxygen atoms in total. The minimum atomic E-state index is -0.544. The summed E-state index contributed by atoms with van der Waals surface area (Å²) in [5.41, 5.74) is 0.558. The van der Waals surface area contributed by atoms with Crippen LogP contribution < -0.4 is 16.6 Å². The summed E-state index contributed by atoms with van der Waals surface area (Å²) in [7, 11) is 0. The molecule has 1 atom stereocenters. The second-order valence-electron chi connectivity index (χ2n) is 8.98. The smallest absolute Gasteiger partial charge is 0.333 e. The highest BCUT2D eigenvalue weighted by atomic mass is 16.5. The van der Waals surface area contributed by atoms with E-state index in [9.17, 15) is 14.4 Å². The number of nitrogens with one attached hydrogen (secondary N) is 1. The maximum absolute atomic E-state index is 13.4. The van der Waals surface area contributed by atoms with Crippen LogP contribution >= 0.6 is 0 Å². The zero-order valence-corrected chi connectivity index (χ0v) is 19.2. The third-order valence-electron chi connectivity index (χ3n) is 5.97. The third kappa shape index (κ3) is 5.24. The van der Waals surface area contributed by atoms with Gasteiger partial charge in [-0.3, -0.25) is 14.2 Å². The Hall–Kier alpha value is -3.20. The number of amides is 1. The van der Waals surface area contributed by atoms with Crippen molar-refractivity contribution in [1.82, 2.24) is 24.0 Å². The highest BCUT2D eigenvalue weighted by Gasteiger charge is 2.21. The van der Waals surface area contributed by atoms with E-state index in [0.29, 0.717) is 36.8 Å². The Morgan fingerprint density at radius 1 is 1.21 bits per heavy atom. The molecule has 4 rings (SSSR count). The van der Waals surface area contributed by atoms with Crippen molar-refractivity contribution in [2.75, 3.05) is 13.2 Å². The van der Waals surface area contributed by atoms with Gasteiger partial charge in [-0.05, 0) is 30.7 Å². The van der Waals surface area contributed by atoms with Crippen molar-refractivity contribution in [1.29, 1.82) is 0 Å². The molecule has 1 saturated heterocycles. The van der Waals surface area contributed by atoms with Crippen molar-refractivity contribution in [3.8, 4) is 0 Å². The van der Waals surface area contributed by atoms with Crippen molar-refractivity contribution in [2.24, 2.45) is 5.92 Å². The number of hydrogen-bond donors (Lipinski definition) is 1. The molecular formula is C24H31N5O4. The van der Waals surface area contributed by atoms with E-state index in [0.717, 1.165) is 29.4 Å². The first-order valence-corrected chi connectivity index (χ1v) is 11.5. The van der Waals surface area contributed by atoms with Gasteiger partial charge >= 0.3 is 5.69 Å². The fourth-order valence-electron chi connectivity index (χ4n) is 4.09. The molecule has 2 aromatic heterocycles. The third-order valence-corrected chi connectivity index (χ3v) is 5.97. The fourth-order valence-corrected chi connectivity index (χ4v) is 4.09. The minimum absolute atomic E-state index is 0.0136. The second kappa shape index (κ2) is 10.2. The van der Waals surface area contributed by atoms with Gasteiger partial charge in [-0.15, -0.1) is 0 Å². The largest absolute Gasteiger partial charge is 0.376 e. The van der Waals surface area contributed by atoms with Crippen LogP contribution in [0.1, 0.15) is 38.7 Å². The molecule has 1 fully saturated rings. The highest BCUT2D eigenvalue weighted by molar-refractivity contribution is 5.76. The van der Waals surface area contributed by atoms with E-state index in [-0.39, 0.29) is 25.1 Å². The number of ether oxygens (including phenoxy) is 1. The SMILES string of the molecule is CC(C)CCn1cnc2c1c(=O)n(CC(=O)NC[C@@H]1CCCO1)c(=O)n2Cc1ccccc1. The topological polar surface area (TPSA) is 100 Å². The van der Waals surface area contributed by atoms with E-state index in [1.807, 2.05) is 30.3 Å². The maximum atomic E-state index is 13.4. The Labute approximate surface area is 192 Å². The highest BCUT2D eigenvalue weighted by Crippen LogP contribution is 2.13. The molecule has 1 aliphatic rings. The van der Waals surface area contributed by atoms with Gasteiger partial charge in [-0.2, -0.15) is 0 Å². The van der Waals surface area contributed by atoms with Crippen LogP contribution in [0.15, 0.2) is 46.2 Å². The van der Waals surface area contributed by atoms with Gasteiger partial charge in [0.2, 0.25) is 5.91 Å². The van der Waals surface area contributed by atoms with Crippen molar-refractivity contribution in [3.63, 3.8) is 0 Å². The van der Waals surface area contributed by atoms with Gasteiger partial charge in [0.1, 0.15) is 6.54 Å². The van der Waals surface area contributed by atoms with Gasteiger partial charge in [0.15, 0.2) is 11.2 Å². The van der Waals surface area contributed by atoms with Crippen molar-refractivity contribution in [3.05, 3.63) is 63.1 Å². The first-order chi connectivity index (χ1) is 15.9. The second-order valence-corrected chi connectivity index (χ2v) is 8.98. The average Bonchev–Trinajstić information content (AvgIpc) is 3.47. The number of imidazole rings is 1. The lowest BCUT2D eigenvalue weighted by Gasteiger charge is -2.14. The van der Waals surface area contributed by atoms with Crippen LogP contribution in [-0.4, -0.2) is 43.8 Å². The number of hydrogen-bond acceptors (Lipinski definition) is 5. The van der Waals surface area contributed by atoms with Crippen LogP contribution in [0.5, 0.6) is 0 Å². The monoisotopic (exact) mass is 453 g/mol. The molecule has 0 spiro atoms. The van der Waals surface area contributed by atoms with E-state index in [2.05, 4.69) is 24.1 Å². The van der Waals surface area contributed by atoms with Crippen molar-refractivity contribution in [2.45, 2.75) is 58.8 Å². The number of nitrogens with zero attached hydrogens (tertiary/aromatic N) is 4. The summed E-state index contributed by atoms with van der Waals surface area (Å²) in [5.74, 6) is 0.0621. The summed E-state index contributed by atoms with van der Waals surface area (Å²) in [6.07, 6.45) is 4.33. The van der Waals surface area contributed by atoms with Gasteiger partial charge in [-0.25, -0.2) is 14.3 Å². The quantitative estimate of drug-likeness (QED) is 0.532. The van der Waals surface area contributed by atoms with Gasteiger partial charge in [0, 0.05) is 19.7 Å². The molecule has 1 aliphatic heterocycles. The lowest BCUT2D eigenvalue weighted by molar-refractivity contribution is -0.122. The van der Waals surface area contributed by atoms with Crippen LogP contribution in [0.4, 0.5) is 0 Å². The molecule has 3 aromatic rings. The van der Waals surface area contributed by atoms with Crippen molar-refractivity contribution < 1.29 is 9.53 Å². The van der Waals surface area contributed by atoms with E-state index < -0.39 is 11.2 Å². The molecule has 1 aromatic carbocycles. The summed E-state index contributed by atoms with van der Waals surface area (Å²) in [5, 5.41) is 2.80. The summed E-state index contributed by atoms with van der Waals surface area (Å²) >= 11 is 0. The fraction of sp³-hybridized carbons (Fsp3) is 0.500. The first kappa shape index (κ1) is 23.0. The molecule has 0 radical (unpaired) electrons. The van der Waals surface area contributed by atoms with Crippen LogP contribution in [0.2, 0.25) is 0 Å². The number of aryl methyl sites for hydroxylation is 1. The average molecular weight is 454 g/mol. The Balaban J connectivity index is 1.70. The lowest BCUT2D eigenvalue weighted by Crippen LogP contribution is -2.45.